The van der Waals surface area contributed by atoms with Gasteiger partial charge in [0.1, 0.15) is 17.7 Å². The highest BCUT2D eigenvalue weighted by Gasteiger charge is 2.42. The molecule has 9 nitrogen and oxygen atoms in total. The van der Waals surface area contributed by atoms with Crippen LogP contribution in [0.5, 0.6) is 0 Å². The first-order chi connectivity index (χ1) is 21.9. The van der Waals surface area contributed by atoms with Gasteiger partial charge in [0, 0.05) is 11.6 Å². The van der Waals surface area contributed by atoms with E-state index in [1.807, 2.05) is 69.3 Å². The van der Waals surface area contributed by atoms with Crippen molar-refractivity contribution < 1.29 is 28.3 Å². The molecule has 0 radical (unpaired) electrons. The lowest BCUT2D eigenvalue weighted by molar-refractivity contribution is -0.156. The Labute approximate surface area is 281 Å². The molecule has 4 rings (SSSR count). The molecule has 2 aromatic carbocycles. The van der Waals surface area contributed by atoms with E-state index in [0.717, 1.165) is 23.6 Å². The second kappa shape index (κ2) is 14.7. The van der Waals surface area contributed by atoms with Crippen LogP contribution in [0.4, 0.5) is 0 Å². The van der Waals surface area contributed by atoms with Crippen LogP contribution in [0.15, 0.2) is 54.6 Å². The van der Waals surface area contributed by atoms with Crippen LogP contribution >= 0.6 is 0 Å². The van der Waals surface area contributed by atoms with Gasteiger partial charge in [0.15, 0.2) is 8.32 Å². The Balaban J connectivity index is 1.53. The molecule has 1 fully saturated rings. The van der Waals surface area contributed by atoms with Crippen LogP contribution in [0.1, 0.15) is 90.4 Å². The molecule has 0 bridgehead atoms. The number of carbonyl (C=O) groups excluding carboxylic acids is 4. The molecule has 1 saturated heterocycles. The SMILES string of the molecule is CC(C)(C)OC(=O)C[C@@H](CO[Si](C)(C)C(C)(C)C)NC(=O)[C@@H]1CCC[C@@H]2C/C=C\C[C@H](NC(=O)c3ccc4ccccc4c3)C(=O)N21. The lowest BCUT2D eigenvalue weighted by atomic mass is 9.90. The molecule has 10 heteroatoms. The van der Waals surface area contributed by atoms with E-state index in [0.29, 0.717) is 24.8 Å². The fraction of sp³-hybridized carbons (Fsp3) is 0.568. The quantitative estimate of drug-likeness (QED) is 0.186. The second-order valence-corrected chi connectivity index (χ2v) is 20.3. The Morgan fingerprint density at radius 3 is 2.32 bits per heavy atom. The van der Waals surface area contributed by atoms with E-state index in [1.165, 1.54) is 0 Å². The third kappa shape index (κ3) is 9.53. The van der Waals surface area contributed by atoms with Crippen LogP contribution < -0.4 is 10.6 Å². The number of esters is 1. The molecule has 0 aliphatic carbocycles. The Morgan fingerprint density at radius 2 is 1.64 bits per heavy atom. The van der Waals surface area contributed by atoms with Crippen LogP contribution in [0.2, 0.25) is 18.1 Å². The first kappa shape index (κ1) is 36.3. The van der Waals surface area contributed by atoms with E-state index in [2.05, 4.69) is 44.5 Å². The van der Waals surface area contributed by atoms with Crippen molar-refractivity contribution in [3.63, 3.8) is 0 Å². The summed E-state index contributed by atoms with van der Waals surface area (Å²) in [7, 11) is -2.19. The van der Waals surface area contributed by atoms with Crippen molar-refractivity contribution in [2.75, 3.05) is 6.61 Å². The van der Waals surface area contributed by atoms with Crippen molar-refractivity contribution in [1.82, 2.24) is 15.5 Å². The van der Waals surface area contributed by atoms with E-state index in [-0.39, 0.29) is 41.8 Å². The van der Waals surface area contributed by atoms with Crippen molar-refractivity contribution in [2.45, 2.75) is 128 Å². The lowest BCUT2D eigenvalue weighted by Crippen LogP contribution is -2.62. The number of ether oxygens (including phenoxy) is 1. The number of rotatable bonds is 9. The summed E-state index contributed by atoms with van der Waals surface area (Å²) in [6.07, 6.45) is 6.94. The maximum atomic E-state index is 14.2. The molecule has 256 valence electrons. The molecule has 0 aromatic heterocycles. The Kier molecular flexibility index (Phi) is 11.4. The summed E-state index contributed by atoms with van der Waals surface area (Å²) < 4.78 is 12.0. The molecule has 2 aromatic rings. The molecule has 2 aliphatic rings. The van der Waals surface area contributed by atoms with Gasteiger partial charge in [-0.1, -0.05) is 63.3 Å². The molecule has 0 unspecified atom stereocenters. The minimum absolute atomic E-state index is 0.0467. The van der Waals surface area contributed by atoms with E-state index in [9.17, 15) is 19.2 Å². The number of nitrogens with zero attached hydrogens (tertiary/aromatic N) is 1. The molecule has 0 saturated carbocycles. The van der Waals surface area contributed by atoms with Crippen molar-refractivity contribution >= 4 is 42.8 Å². The van der Waals surface area contributed by atoms with Gasteiger partial charge < -0.3 is 24.7 Å². The summed E-state index contributed by atoms with van der Waals surface area (Å²) in [5, 5.41) is 7.95. The van der Waals surface area contributed by atoms with Crippen molar-refractivity contribution in [3.8, 4) is 0 Å². The lowest BCUT2D eigenvalue weighted by Gasteiger charge is -2.44. The zero-order valence-electron chi connectivity index (χ0n) is 29.4. The van der Waals surface area contributed by atoms with E-state index >= 15 is 0 Å². The van der Waals surface area contributed by atoms with Crippen LogP contribution in [0.3, 0.4) is 0 Å². The normalized spacial score (nSPS) is 22.0. The number of fused-ring (bicyclic) bond motifs is 2. The zero-order chi connectivity index (χ0) is 34.6. The maximum Gasteiger partial charge on any atom is 0.308 e. The first-order valence-corrected chi connectivity index (χ1v) is 19.8. The minimum Gasteiger partial charge on any atom is -0.460 e. The average molecular weight is 664 g/mol. The number of piperidine rings is 1. The van der Waals surface area contributed by atoms with Gasteiger partial charge in [-0.15, -0.1) is 0 Å². The molecular weight excluding hydrogens is 611 g/mol. The third-order valence-corrected chi connectivity index (χ3v) is 14.0. The van der Waals surface area contributed by atoms with Gasteiger partial charge in [0.25, 0.3) is 5.91 Å². The maximum absolute atomic E-state index is 14.2. The minimum atomic E-state index is -2.19. The van der Waals surface area contributed by atoms with Gasteiger partial charge >= 0.3 is 5.97 Å². The Bertz CT molecular complexity index is 1490. The van der Waals surface area contributed by atoms with Gasteiger partial charge in [-0.2, -0.15) is 0 Å². The average Bonchev–Trinajstić information content (AvgIpc) is 2.98. The number of hydrogen-bond donors (Lipinski definition) is 2. The van der Waals surface area contributed by atoms with Crippen LogP contribution in [0, 0.1) is 0 Å². The van der Waals surface area contributed by atoms with Crippen LogP contribution in [-0.2, 0) is 23.5 Å². The highest BCUT2D eigenvalue weighted by Crippen LogP contribution is 2.37. The number of nitrogens with one attached hydrogen (secondary N) is 2. The standard InChI is InChI=1S/C37H53N3O6Si/c1-36(2,3)46-32(41)23-28(24-45-47(7,8)37(4,5)6)38-34(43)31-19-13-17-29-16-11-12-18-30(35(44)40(29)31)39-33(42)27-21-20-25-14-9-10-15-26(25)22-27/h9-12,14-15,20-22,28-31H,13,16-19,23-24H2,1-8H3,(H,38,43)(H,39,42)/b12-11-/t28-,29-,30-,31-/m0/s1. The smallest absolute Gasteiger partial charge is 0.308 e. The largest absolute Gasteiger partial charge is 0.460 e. The predicted octanol–water partition coefficient (Wildman–Crippen LogP) is 6.28. The van der Waals surface area contributed by atoms with Crippen molar-refractivity contribution in [3.05, 3.63) is 60.2 Å². The summed E-state index contributed by atoms with van der Waals surface area (Å²) in [5.74, 6) is -1.35. The summed E-state index contributed by atoms with van der Waals surface area (Å²) >= 11 is 0. The molecule has 3 amide bonds. The summed E-state index contributed by atoms with van der Waals surface area (Å²) in [6, 6.07) is 10.9. The molecule has 4 atom stereocenters. The number of amides is 3. The number of hydrogen-bond acceptors (Lipinski definition) is 6. The second-order valence-electron chi connectivity index (χ2n) is 15.4. The fourth-order valence-corrected chi connectivity index (χ4v) is 6.97. The Morgan fingerprint density at radius 1 is 0.957 bits per heavy atom. The van der Waals surface area contributed by atoms with E-state index in [4.69, 9.17) is 9.16 Å². The molecule has 2 N–H and O–H groups in total. The zero-order valence-corrected chi connectivity index (χ0v) is 30.4. The van der Waals surface area contributed by atoms with Crippen molar-refractivity contribution in [2.24, 2.45) is 0 Å². The summed E-state index contributed by atoms with van der Waals surface area (Å²) in [6.45, 7) is 16.3. The van der Waals surface area contributed by atoms with Crippen LogP contribution in [-0.4, -0.2) is 73.3 Å². The fourth-order valence-electron chi connectivity index (χ4n) is 5.92. The van der Waals surface area contributed by atoms with Gasteiger partial charge in [-0.25, -0.2) is 0 Å². The topological polar surface area (TPSA) is 114 Å². The first-order valence-electron chi connectivity index (χ1n) is 16.9. The van der Waals surface area contributed by atoms with Crippen LogP contribution in [0.25, 0.3) is 10.8 Å². The van der Waals surface area contributed by atoms with Gasteiger partial charge in [-0.05, 0) is 93.9 Å². The van der Waals surface area contributed by atoms with E-state index < -0.39 is 38.0 Å². The molecule has 2 heterocycles. The molecular formula is C37H53N3O6Si. The van der Waals surface area contributed by atoms with E-state index in [1.54, 1.807) is 11.0 Å². The molecule has 2 aliphatic heterocycles. The number of benzene rings is 2. The third-order valence-electron chi connectivity index (χ3n) is 9.49. The van der Waals surface area contributed by atoms with Gasteiger partial charge in [-0.3, -0.25) is 19.2 Å². The van der Waals surface area contributed by atoms with Gasteiger partial charge in [0.05, 0.1) is 19.1 Å². The highest BCUT2D eigenvalue weighted by molar-refractivity contribution is 6.74. The predicted molar refractivity (Wildman–Crippen MR) is 187 cm³/mol. The van der Waals surface area contributed by atoms with Gasteiger partial charge in [0.2, 0.25) is 11.8 Å². The Hall–Kier alpha value is -3.50. The molecule has 0 spiro atoms. The summed E-state index contributed by atoms with van der Waals surface area (Å²) in [4.78, 5) is 56.3. The number of carbonyl (C=O) groups is 4. The van der Waals surface area contributed by atoms with Crippen molar-refractivity contribution in [1.29, 1.82) is 0 Å². The monoisotopic (exact) mass is 663 g/mol. The highest BCUT2D eigenvalue weighted by atomic mass is 28.4. The molecule has 47 heavy (non-hydrogen) atoms. The summed E-state index contributed by atoms with van der Waals surface area (Å²) in [5.41, 5.74) is -0.196.